The molecule has 0 bridgehead atoms. The van der Waals surface area contributed by atoms with E-state index in [0.717, 1.165) is 56.0 Å². The summed E-state index contributed by atoms with van der Waals surface area (Å²) in [5.41, 5.74) is 1.15. The van der Waals surface area contributed by atoms with Gasteiger partial charge in [0.15, 0.2) is 11.5 Å². The third-order valence-electron chi connectivity index (χ3n) is 2.63. The summed E-state index contributed by atoms with van der Waals surface area (Å²) in [4.78, 5) is 0. The van der Waals surface area contributed by atoms with E-state index in [1.54, 1.807) is 0 Å². The number of unbranched alkanes of at least 4 members (excludes halogenated alkanes) is 1. The molecule has 0 aliphatic carbocycles. The van der Waals surface area contributed by atoms with Crippen molar-refractivity contribution in [2.75, 3.05) is 13.2 Å². The van der Waals surface area contributed by atoms with Crippen LogP contribution in [0.3, 0.4) is 0 Å². The quantitative estimate of drug-likeness (QED) is 0.477. The lowest BCUT2D eigenvalue weighted by Crippen LogP contribution is -2.04. The van der Waals surface area contributed by atoms with Gasteiger partial charge in [0.2, 0.25) is 0 Å². The van der Waals surface area contributed by atoms with E-state index < -0.39 is 0 Å². The third kappa shape index (κ3) is 4.44. The molecule has 0 aromatic heterocycles. The normalized spacial score (nSPS) is 10.1. The van der Waals surface area contributed by atoms with Gasteiger partial charge in [-0.1, -0.05) is 38.5 Å². The van der Waals surface area contributed by atoms with Gasteiger partial charge in [-0.15, -0.1) is 6.58 Å². The second-order valence-corrected chi connectivity index (χ2v) is 4.29. The highest BCUT2D eigenvalue weighted by Crippen LogP contribution is 2.32. The zero-order chi connectivity index (χ0) is 13.2. The first-order valence-electron chi connectivity index (χ1n) is 6.81. The van der Waals surface area contributed by atoms with Gasteiger partial charge < -0.3 is 9.47 Å². The number of ether oxygens (including phenoxy) is 2. The average Bonchev–Trinajstić information content (AvgIpc) is 2.38. The van der Waals surface area contributed by atoms with Crippen LogP contribution in [0.1, 0.15) is 38.7 Å². The maximum absolute atomic E-state index is 5.83. The second kappa shape index (κ2) is 8.62. The predicted molar refractivity (Wildman–Crippen MR) is 76.5 cm³/mol. The fourth-order valence-corrected chi connectivity index (χ4v) is 1.69. The molecule has 0 fully saturated rings. The molecule has 0 N–H and O–H groups in total. The fraction of sp³-hybridized carbons (Fsp3) is 0.500. The van der Waals surface area contributed by atoms with Crippen molar-refractivity contribution in [1.29, 1.82) is 0 Å². The summed E-state index contributed by atoms with van der Waals surface area (Å²) < 4.78 is 11.6. The van der Waals surface area contributed by atoms with Crippen LogP contribution in [-0.2, 0) is 6.42 Å². The third-order valence-corrected chi connectivity index (χ3v) is 2.63. The van der Waals surface area contributed by atoms with Crippen LogP contribution in [0.5, 0.6) is 11.5 Å². The molecule has 1 aromatic rings. The van der Waals surface area contributed by atoms with E-state index in [1.165, 1.54) is 0 Å². The minimum absolute atomic E-state index is 0.721. The molecular weight excluding hydrogens is 224 g/mol. The molecule has 0 radical (unpaired) electrons. The zero-order valence-electron chi connectivity index (χ0n) is 11.6. The van der Waals surface area contributed by atoms with Gasteiger partial charge in [-0.2, -0.15) is 0 Å². The number of hydrogen-bond donors (Lipinski definition) is 0. The molecule has 0 aliphatic heterocycles. The lowest BCUT2D eigenvalue weighted by atomic mass is 10.1. The first-order valence-corrected chi connectivity index (χ1v) is 6.81. The second-order valence-electron chi connectivity index (χ2n) is 4.29. The molecule has 2 nitrogen and oxygen atoms in total. The molecule has 0 atom stereocenters. The maximum Gasteiger partial charge on any atom is 0.164 e. The van der Waals surface area contributed by atoms with Gasteiger partial charge in [0.05, 0.1) is 13.2 Å². The van der Waals surface area contributed by atoms with Crippen molar-refractivity contribution in [3.63, 3.8) is 0 Å². The van der Waals surface area contributed by atoms with Gasteiger partial charge in [0, 0.05) is 5.56 Å². The number of allylic oxidation sites excluding steroid dienone is 1. The van der Waals surface area contributed by atoms with Crippen LogP contribution in [0.4, 0.5) is 0 Å². The van der Waals surface area contributed by atoms with Crippen molar-refractivity contribution < 1.29 is 9.47 Å². The van der Waals surface area contributed by atoms with E-state index in [-0.39, 0.29) is 0 Å². The molecule has 100 valence electrons. The first kappa shape index (κ1) is 14.6. The minimum atomic E-state index is 0.721. The number of benzene rings is 1. The molecule has 1 aromatic carbocycles. The van der Waals surface area contributed by atoms with Gasteiger partial charge in [0.1, 0.15) is 0 Å². The predicted octanol–water partition coefficient (Wildman–Crippen LogP) is 4.38. The van der Waals surface area contributed by atoms with E-state index >= 15 is 0 Å². The average molecular weight is 248 g/mol. The molecule has 0 amide bonds. The SMILES string of the molecule is C=CCc1cccc(OCCCC)c1OCCC. The Hall–Kier alpha value is -1.44. The summed E-state index contributed by atoms with van der Waals surface area (Å²) in [7, 11) is 0. The van der Waals surface area contributed by atoms with E-state index in [4.69, 9.17) is 9.47 Å². The lowest BCUT2D eigenvalue weighted by Gasteiger charge is -2.15. The van der Waals surface area contributed by atoms with Crippen LogP contribution in [0.2, 0.25) is 0 Å². The molecule has 0 spiro atoms. The van der Waals surface area contributed by atoms with Gasteiger partial charge in [-0.25, -0.2) is 0 Å². The minimum Gasteiger partial charge on any atom is -0.490 e. The maximum atomic E-state index is 5.83. The zero-order valence-corrected chi connectivity index (χ0v) is 11.6. The molecule has 0 saturated carbocycles. The highest BCUT2D eigenvalue weighted by atomic mass is 16.5. The molecule has 0 aliphatic rings. The lowest BCUT2D eigenvalue weighted by molar-refractivity contribution is 0.263. The summed E-state index contributed by atoms with van der Waals surface area (Å²) in [6, 6.07) is 6.06. The number of para-hydroxylation sites is 1. The highest BCUT2D eigenvalue weighted by Gasteiger charge is 2.09. The monoisotopic (exact) mass is 248 g/mol. The van der Waals surface area contributed by atoms with Crippen molar-refractivity contribution in [2.24, 2.45) is 0 Å². The van der Waals surface area contributed by atoms with E-state index in [0.29, 0.717) is 0 Å². The van der Waals surface area contributed by atoms with Gasteiger partial charge in [-0.3, -0.25) is 0 Å². The molecule has 0 unspecified atom stereocenters. The van der Waals surface area contributed by atoms with Crippen LogP contribution in [0, 0.1) is 0 Å². The van der Waals surface area contributed by atoms with Crippen LogP contribution < -0.4 is 9.47 Å². The summed E-state index contributed by atoms with van der Waals surface area (Å²) >= 11 is 0. The first-order chi connectivity index (χ1) is 8.83. The molecular formula is C16H24O2. The Balaban J connectivity index is 2.84. The van der Waals surface area contributed by atoms with Crippen LogP contribution in [0.15, 0.2) is 30.9 Å². The Labute approximate surface area is 111 Å². The van der Waals surface area contributed by atoms with Gasteiger partial charge in [0.25, 0.3) is 0 Å². The smallest absolute Gasteiger partial charge is 0.164 e. The van der Waals surface area contributed by atoms with Crippen molar-refractivity contribution in [1.82, 2.24) is 0 Å². The molecule has 18 heavy (non-hydrogen) atoms. The highest BCUT2D eigenvalue weighted by molar-refractivity contribution is 5.47. The van der Waals surface area contributed by atoms with Gasteiger partial charge in [-0.05, 0) is 25.3 Å². The Morgan fingerprint density at radius 3 is 2.61 bits per heavy atom. The fourth-order valence-electron chi connectivity index (χ4n) is 1.69. The number of hydrogen-bond acceptors (Lipinski definition) is 2. The Bertz CT molecular complexity index is 358. The van der Waals surface area contributed by atoms with Gasteiger partial charge >= 0.3 is 0 Å². The Kier molecular flexibility index (Phi) is 7.00. The van der Waals surface area contributed by atoms with Crippen molar-refractivity contribution in [3.05, 3.63) is 36.4 Å². The molecule has 2 heteroatoms. The van der Waals surface area contributed by atoms with Crippen LogP contribution >= 0.6 is 0 Å². The van der Waals surface area contributed by atoms with Crippen LogP contribution in [0.25, 0.3) is 0 Å². The summed E-state index contributed by atoms with van der Waals surface area (Å²) in [5.74, 6) is 1.74. The number of rotatable bonds is 9. The van der Waals surface area contributed by atoms with Crippen molar-refractivity contribution in [2.45, 2.75) is 39.5 Å². The standard InChI is InChI=1S/C16H24O2/c1-4-7-13-17-15-11-8-10-14(9-5-2)16(15)18-12-6-3/h5,8,10-11H,2,4,6-7,9,12-13H2,1,3H3. The molecule has 0 heterocycles. The van der Waals surface area contributed by atoms with Crippen molar-refractivity contribution >= 4 is 0 Å². The summed E-state index contributed by atoms with van der Waals surface area (Å²) in [5, 5.41) is 0. The van der Waals surface area contributed by atoms with E-state index in [9.17, 15) is 0 Å². The topological polar surface area (TPSA) is 18.5 Å². The summed E-state index contributed by atoms with van der Waals surface area (Å²) in [6.45, 7) is 9.52. The van der Waals surface area contributed by atoms with Crippen LogP contribution in [-0.4, -0.2) is 13.2 Å². The van der Waals surface area contributed by atoms with E-state index in [1.807, 2.05) is 18.2 Å². The van der Waals surface area contributed by atoms with Crippen molar-refractivity contribution in [3.8, 4) is 11.5 Å². The largest absolute Gasteiger partial charge is 0.490 e. The Morgan fingerprint density at radius 2 is 1.94 bits per heavy atom. The molecule has 1 rings (SSSR count). The van der Waals surface area contributed by atoms with E-state index in [2.05, 4.69) is 26.5 Å². The Morgan fingerprint density at radius 1 is 1.11 bits per heavy atom. The molecule has 0 saturated heterocycles. The summed E-state index contributed by atoms with van der Waals surface area (Å²) in [6.07, 6.45) is 5.90.